The van der Waals surface area contributed by atoms with Crippen LogP contribution in [-0.4, -0.2) is 43.4 Å². The highest BCUT2D eigenvalue weighted by molar-refractivity contribution is 7.91. The predicted octanol–water partition coefficient (Wildman–Crippen LogP) is 4.04. The number of sulfone groups is 1. The van der Waals surface area contributed by atoms with E-state index in [1.165, 1.54) is 5.56 Å². The van der Waals surface area contributed by atoms with Gasteiger partial charge in [-0.15, -0.1) is 0 Å². The van der Waals surface area contributed by atoms with E-state index in [0.29, 0.717) is 36.8 Å². The van der Waals surface area contributed by atoms with E-state index in [1.54, 1.807) is 23.1 Å². The molecular formula is C23H29NO4S. The van der Waals surface area contributed by atoms with Gasteiger partial charge in [0.25, 0.3) is 5.91 Å². The molecule has 0 N–H and O–H groups in total. The van der Waals surface area contributed by atoms with Gasteiger partial charge in [0.1, 0.15) is 5.75 Å². The fourth-order valence-electron chi connectivity index (χ4n) is 3.64. The van der Waals surface area contributed by atoms with E-state index in [4.69, 9.17) is 4.74 Å². The molecule has 3 rings (SSSR count). The predicted molar refractivity (Wildman–Crippen MR) is 115 cm³/mol. The van der Waals surface area contributed by atoms with Crippen molar-refractivity contribution in [3.05, 3.63) is 65.2 Å². The lowest BCUT2D eigenvalue weighted by Crippen LogP contribution is -2.40. The number of amides is 1. The Labute approximate surface area is 173 Å². The van der Waals surface area contributed by atoms with Crippen molar-refractivity contribution in [2.75, 3.05) is 18.1 Å². The molecule has 0 unspecified atom stereocenters. The number of benzene rings is 2. The average molecular weight is 416 g/mol. The highest BCUT2D eigenvalue weighted by atomic mass is 32.2. The first kappa shape index (κ1) is 21.4. The number of ether oxygens (including phenoxy) is 1. The summed E-state index contributed by atoms with van der Waals surface area (Å²) >= 11 is 0. The summed E-state index contributed by atoms with van der Waals surface area (Å²) in [5.41, 5.74) is 2.74. The largest absolute Gasteiger partial charge is 0.494 e. The second-order valence-electron chi connectivity index (χ2n) is 7.85. The van der Waals surface area contributed by atoms with E-state index in [9.17, 15) is 13.2 Å². The minimum atomic E-state index is -3.10. The highest BCUT2D eigenvalue weighted by Crippen LogP contribution is 2.24. The van der Waals surface area contributed by atoms with Gasteiger partial charge in [-0.25, -0.2) is 8.42 Å². The summed E-state index contributed by atoms with van der Waals surface area (Å²) in [6, 6.07) is 15.0. The zero-order valence-corrected chi connectivity index (χ0v) is 18.1. The van der Waals surface area contributed by atoms with Gasteiger partial charge in [0.05, 0.1) is 18.1 Å². The van der Waals surface area contributed by atoms with Crippen molar-refractivity contribution in [1.29, 1.82) is 0 Å². The summed E-state index contributed by atoms with van der Waals surface area (Å²) in [7, 11) is -3.10. The van der Waals surface area contributed by atoms with Crippen LogP contribution in [0.25, 0.3) is 0 Å². The van der Waals surface area contributed by atoms with E-state index in [2.05, 4.69) is 26.0 Å². The summed E-state index contributed by atoms with van der Waals surface area (Å²) in [4.78, 5) is 15.1. The third-order valence-electron chi connectivity index (χ3n) is 5.30. The number of rotatable bonds is 7. The maximum atomic E-state index is 13.4. The Hall–Kier alpha value is -2.34. The van der Waals surface area contributed by atoms with Crippen LogP contribution in [-0.2, 0) is 16.4 Å². The van der Waals surface area contributed by atoms with Crippen molar-refractivity contribution < 1.29 is 17.9 Å². The zero-order valence-electron chi connectivity index (χ0n) is 17.3. The van der Waals surface area contributed by atoms with Gasteiger partial charge in [0.2, 0.25) is 0 Å². The molecule has 0 spiro atoms. The minimum Gasteiger partial charge on any atom is -0.494 e. The van der Waals surface area contributed by atoms with Crippen molar-refractivity contribution in [3.8, 4) is 5.75 Å². The molecule has 0 saturated carbocycles. The minimum absolute atomic E-state index is 0.0218. The average Bonchev–Trinajstić information content (AvgIpc) is 3.06. The van der Waals surface area contributed by atoms with Gasteiger partial charge in [0.15, 0.2) is 9.84 Å². The maximum absolute atomic E-state index is 13.4. The molecule has 0 bridgehead atoms. The van der Waals surface area contributed by atoms with Crippen LogP contribution in [0.3, 0.4) is 0 Å². The van der Waals surface area contributed by atoms with E-state index in [0.717, 1.165) is 5.56 Å². The van der Waals surface area contributed by atoms with E-state index in [-0.39, 0.29) is 23.5 Å². The monoisotopic (exact) mass is 415 g/mol. The third-order valence-corrected chi connectivity index (χ3v) is 7.05. The third kappa shape index (κ3) is 5.38. The van der Waals surface area contributed by atoms with Crippen molar-refractivity contribution >= 4 is 15.7 Å². The molecule has 1 heterocycles. The van der Waals surface area contributed by atoms with E-state index < -0.39 is 9.84 Å². The number of nitrogens with zero attached hydrogens (tertiary/aromatic N) is 1. The van der Waals surface area contributed by atoms with Crippen LogP contribution in [0.1, 0.15) is 54.6 Å². The molecule has 5 nitrogen and oxygen atoms in total. The van der Waals surface area contributed by atoms with Gasteiger partial charge in [0, 0.05) is 18.2 Å². The Morgan fingerprint density at radius 2 is 1.90 bits per heavy atom. The molecule has 2 aromatic carbocycles. The summed E-state index contributed by atoms with van der Waals surface area (Å²) in [6.45, 7) is 7.07. The molecular weight excluding hydrogens is 386 g/mol. The first-order chi connectivity index (χ1) is 13.8. The van der Waals surface area contributed by atoms with Crippen LogP contribution < -0.4 is 4.74 Å². The summed E-state index contributed by atoms with van der Waals surface area (Å²) in [5.74, 6) is 1.06. The number of hydrogen-bond acceptors (Lipinski definition) is 4. The van der Waals surface area contributed by atoms with Gasteiger partial charge in [-0.1, -0.05) is 44.2 Å². The van der Waals surface area contributed by atoms with Gasteiger partial charge < -0.3 is 9.64 Å². The van der Waals surface area contributed by atoms with Crippen LogP contribution >= 0.6 is 0 Å². The molecule has 0 radical (unpaired) electrons. The van der Waals surface area contributed by atoms with E-state index in [1.807, 2.05) is 25.1 Å². The Morgan fingerprint density at radius 1 is 1.17 bits per heavy atom. The summed E-state index contributed by atoms with van der Waals surface area (Å²) in [5, 5.41) is 0. The Bertz CT molecular complexity index is 951. The van der Waals surface area contributed by atoms with Crippen LogP contribution in [0.15, 0.2) is 48.5 Å². The van der Waals surface area contributed by atoms with Crippen molar-refractivity contribution in [3.63, 3.8) is 0 Å². The SMILES string of the molecule is CCOc1cccc(C(=O)N(Cc2ccc(C(C)C)cc2)[C@@H]2CCS(=O)(=O)C2)c1. The fourth-order valence-corrected chi connectivity index (χ4v) is 5.37. The molecule has 1 aliphatic heterocycles. The molecule has 1 atom stereocenters. The van der Waals surface area contributed by atoms with Crippen molar-refractivity contribution in [1.82, 2.24) is 4.90 Å². The second kappa shape index (κ2) is 8.99. The number of carbonyl (C=O) groups excluding carboxylic acids is 1. The molecule has 1 amide bonds. The molecule has 29 heavy (non-hydrogen) atoms. The Kier molecular flexibility index (Phi) is 6.63. The molecule has 1 fully saturated rings. The Morgan fingerprint density at radius 3 is 2.48 bits per heavy atom. The smallest absolute Gasteiger partial charge is 0.254 e. The van der Waals surface area contributed by atoms with Crippen LogP contribution in [0.5, 0.6) is 5.75 Å². The number of carbonyl (C=O) groups is 1. The highest BCUT2D eigenvalue weighted by Gasteiger charge is 2.35. The first-order valence-electron chi connectivity index (χ1n) is 10.1. The maximum Gasteiger partial charge on any atom is 0.254 e. The van der Waals surface area contributed by atoms with Crippen LogP contribution in [0.4, 0.5) is 0 Å². The van der Waals surface area contributed by atoms with Crippen LogP contribution in [0.2, 0.25) is 0 Å². The molecule has 156 valence electrons. The molecule has 0 aliphatic carbocycles. The first-order valence-corrected chi connectivity index (χ1v) is 11.9. The van der Waals surface area contributed by atoms with E-state index >= 15 is 0 Å². The summed E-state index contributed by atoms with van der Waals surface area (Å²) in [6.07, 6.45) is 0.475. The molecule has 1 saturated heterocycles. The van der Waals surface area contributed by atoms with Crippen molar-refractivity contribution in [2.24, 2.45) is 0 Å². The fraction of sp³-hybridized carbons (Fsp3) is 0.435. The second-order valence-corrected chi connectivity index (χ2v) is 10.1. The number of hydrogen-bond donors (Lipinski definition) is 0. The lowest BCUT2D eigenvalue weighted by Gasteiger charge is -2.29. The topological polar surface area (TPSA) is 63.7 Å². The van der Waals surface area contributed by atoms with Gasteiger partial charge >= 0.3 is 0 Å². The lowest BCUT2D eigenvalue weighted by atomic mass is 10.0. The van der Waals surface area contributed by atoms with Gasteiger partial charge in [-0.3, -0.25) is 4.79 Å². The lowest BCUT2D eigenvalue weighted by molar-refractivity contribution is 0.0680. The quantitative estimate of drug-likeness (QED) is 0.685. The van der Waals surface area contributed by atoms with Gasteiger partial charge in [-0.2, -0.15) is 0 Å². The molecule has 6 heteroatoms. The Balaban J connectivity index is 1.88. The standard InChI is InChI=1S/C23H29NO4S/c1-4-28-22-7-5-6-20(14-22)23(25)24(21-12-13-29(26,27)16-21)15-18-8-10-19(11-9-18)17(2)3/h5-11,14,17,21H,4,12-13,15-16H2,1-3H3/t21-/m1/s1. The van der Waals surface area contributed by atoms with Crippen LogP contribution in [0, 0.1) is 0 Å². The summed E-state index contributed by atoms with van der Waals surface area (Å²) < 4.78 is 29.6. The van der Waals surface area contributed by atoms with Crippen molar-refractivity contribution in [2.45, 2.75) is 45.7 Å². The normalized spacial score (nSPS) is 18.0. The van der Waals surface area contributed by atoms with Gasteiger partial charge in [-0.05, 0) is 48.6 Å². The molecule has 1 aliphatic rings. The molecule has 2 aromatic rings. The molecule has 0 aromatic heterocycles. The zero-order chi connectivity index (χ0) is 21.0.